The molecule has 1 saturated heterocycles. The molecule has 0 unspecified atom stereocenters. The highest BCUT2D eigenvalue weighted by Gasteiger charge is 2.26. The molecule has 2 aliphatic rings. The Bertz CT molecular complexity index is 1530. The zero-order valence-corrected chi connectivity index (χ0v) is 24.2. The zero-order chi connectivity index (χ0) is 29.8. The van der Waals surface area contributed by atoms with E-state index in [9.17, 15) is 18.8 Å². The maximum Gasteiger partial charge on any atom is 0.337 e. The fourth-order valence-corrected chi connectivity index (χ4v) is 5.47. The number of piperazine rings is 1. The molecule has 0 saturated carbocycles. The van der Waals surface area contributed by atoms with Crippen LogP contribution in [0.15, 0.2) is 60.7 Å². The van der Waals surface area contributed by atoms with Gasteiger partial charge in [0.15, 0.2) is 6.29 Å². The van der Waals surface area contributed by atoms with Crippen LogP contribution in [0.3, 0.4) is 0 Å². The Morgan fingerprint density at radius 3 is 2.29 bits per heavy atom. The molecule has 8 nitrogen and oxygen atoms in total. The molecule has 218 valence electrons. The highest BCUT2D eigenvalue weighted by atomic mass is 19.1. The Kier molecular flexibility index (Phi) is 8.80. The van der Waals surface area contributed by atoms with Crippen LogP contribution in [0.5, 0.6) is 0 Å². The number of allylic oxidation sites excluding steroid dienone is 1. The van der Waals surface area contributed by atoms with Crippen LogP contribution < -0.4 is 5.32 Å². The molecule has 3 aromatic rings. The van der Waals surface area contributed by atoms with Gasteiger partial charge in [-0.3, -0.25) is 14.5 Å². The van der Waals surface area contributed by atoms with Gasteiger partial charge in [0.1, 0.15) is 5.82 Å². The zero-order valence-electron chi connectivity index (χ0n) is 24.2. The van der Waals surface area contributed by atoms with Gasteiger partial charge in [-0.05, 0) is 90.3 Å². The highest BCUT2D eigenvalue weighted by molar-refractivity contribution is 6.19. The lowest BCUT2D eigenvalue weighted by molar-refractivity contribution is -0.133. The van der Waals surface area contributed by atoms with Crippen molar-refractivity contribution in [3.05, 3.63) is 99.9 Å². The van der Waals surface area contributed by atoms with Crippen LogP contribution in [0.4, 0.5) is 10.1 Å². The first kappa shape index (κ1) is 29.2. The first-order valence-electron chi connectivity index (χ1n) is 14.0. The minimum atomic E-state index is -0.465. The second-order valence-corrected chi connectivity index (χ2v) is 10.9. The Morgan fingerprint density at radius 1 is 0.929 bits per heavy atom. The smallest absolute Gasteiger partial charge is 0.337 e. The number of esters is 1. The van der Waals surface area contributed by atoms with E-state index in [1.165, 1.54) is 19.2 Å². The second kappa shape index (κ2) is 12.7. The molecule has 0 atom stereocenters. The molecule has 5 rings (SSSR count). The van der Waals surface area contributed by atoms with Gasteiger partial charge in [-0.15, -0.1) is 0 Å². The van der Waals surface area contributed by atoms with Crippen molar-refractivity contribution in [2.75, 3.05) is 52.2 Å². The molecule has 9 heteroatoms. The number of methoxy groups -OCH3 is 1. The summed E-state index contributed by atoms with van der Waals surface area (Å²) < 4.78 is 18.7. The third-order valence-corrected chi connectivity index (χ3v) is 7.96. The first-order valence-corrected chi connectivity index (χ1v) is 14.0. The van der Waals surface area contributed by atoms with E-state index < -0.39 is 5.97 Å². The van der Waals surface area contributed by atoms with Crippen LogP contribution in [-0.2, 0) is 27.4 Å². The molecule has 3 aromatic carbocycles. The van der Waals surface area contributed by atoms with Gasteiger partial charge >= 0.3 is 5.97 Å². The van der Waals surface area contributed by atoms with E-state index in [1.807, 2.05) is 30.0 Å². The van der Waals surface area contributed by atoms with Crippen molar-refractivity contribution in [2.45, 2.75) is 20.0 Å². The molecule has 0 bridgehead atoms. The standard InChI is InChI=1S/C33H35FN4O4/c1-22-16-24(33(41)42-3)7-11-29(22)30(21-39)32(23-4-8-27(34)9-5-23)35-28-10-6-25-18-38(19-26(25)17-28)31(40)20-37-14-12-36(2)13-15-37/h4-11,16-17,21,35H,12-15,18-20H2,1-3H3/b32-30+. The maximum atomic E-state index is 13.8. The number of nitrogens with one attached hydrogen (secondary N) is 1. The lowest BCUT2D eigenvalue weighted by Gasteiger charge is -2.32. The van der Waals surface area contributed by atoms with Crippen LogP contribution in [0.1, 0.15) is 38.2 Å². The number of benzene rings is 3. The molecule has 2 heterocycles. The number of rotatable bonds is 8. The first-order chi connectivity index (χ1) is 20.2. The molecule has 2 aliphatic heterocycles. The van der Waals surface area contributed by atoms with Crippen molar-refractivity contribution in [2.24, 2.45) is 0 Å². The Balaban J connectivity index is 1.42. The summed E-state index contributed by atoms with van der Waals surface area (Å²) in [7, 11) is 3.41. The number of halogens is 1. The van der Waals surface area contributed by atoms with Gasteiger partial charge in [0.2, 0.25) is 5.91 Å². The molecule has 0 aromatic heterocycles. The average molecular weight is 571 g/mol. The van der Waals surface area contributed by atoms with Gasteiger partial charge in [-0.25, -0.2) is 9.18 Å². The van der Waals surface area contributed by atoms with Gasteiger partial charge < -0.3 is 19.9 Å². The summed E-state index contributed by atoms with van der Waals surface area (Å²) in [6, 6.07) is 16.8. The number of ether oxygens (including phenoxy) is 1. The maximum absolute atomic E-state index is 13.8. The summed E-state index contributed by atoms with van der Waals surface area (Å²) >= 11 is 0. The molecule has 0 radical (unpaired) electrons. The summed E-state index contributed by atoms with van der Waals surface area (Å²) in [5.74, 6) is -0.734. The fraction of sp³-hybridized carbons (Fsp3) is 0.303. The van der Waals surface area contributed by atoms with Crippen molar-refractivity contribution in [1.82, 2.24) is 14.7 Å². The normalized spacial score (nSPS) is 16.0. The third-order valence-electron chi connectivity index (χ3n) is 7.96. The number of hydrogen-bond acceptors (Lipinski definition) is 7. The number of likely N-dealkylation sites (N-methyl/N-ethyl adjacent to an activating group) is 1. The van der Waals surface area contributed by atoms with Crippen molar-refractivity contribution in [3.63, 3.8) is 0 Å². The molecule has 1 amide bonds. The Morgan fingerprint density at radius 2 is 1.62 bits per heavy atom. The van der Waals surface area contributed by atoms with Crippen molar-refractivity contribution >= 4 is 35.1 Å². The van der Waals surface area contributed by atoms with Crippen LogP contribution >= 0.6 is 0 Å². The third kappa shape index (κ3) is 6.42. The quantitative estimate of drug-likeness (QED) is 0.188. The number of aryl methyl sites for hydroxylation is 1. The van der Waals surface area contributed by atoms with Crippen LogP contribution in [-0.4, -0.2) is 79.7 Å². The summed E-state index contributed by atoms with van der Waals surface area (Å²) in [6.45, 7) is 7.02. The average Bonchev–Trinajstić information content (AvgIpc) is 3.43. The minimum Gasteiger partial charge on any atom is -0.465 e. The number of hydrogen-bond donors (Lipinski definition) is 1. The Hall–Kier alpha value is -4.34. The van der Waals surface area contributed by atoms with Crippen LogP contribution in [0.25, 0.3) is 11.3 Å². The number of carbonyl (C=O) groups is 3. The van der Waals surface area contributed by atoms with Crippen LogP contribution in [0.2, 0.25) is 0 Å². The number of fused-ring (bicyclic) bond motifs is 1. The largest absolute Gasteiger partial charge is 0.465 e. The lowest BCUT2D eigenvalue weighted by Crippen LogP contribution is -2.48. The van der Waals surface area contributed by atoms with E-state index in [0.29, 0.717) is 53.2 Å². The molecular formula is C33H35FN4O4. The molecule has 42 heavy (non-hydrogen) atoms. The topological polar surface area (TPSA) is 82.2 Å². The van der Waals surface area contributed by atoms with E-state index in [4.69, 9.17) is 4.74 Å². The van der Waals surface area contributed by atoms with E-state index in [1.54, 1.807) is 30.3 Å². The Labute approximate surface area is 245 Å². The van der Waals surface area contributed by atoms with E-state index >= 15 is 0 Å². The highest BCUT2D eigenvalue weighted by Crippen LogP contribution is 2.32. The molecule has 1 N–H and O–H groups in total. The monoisotopic (exact) mass is 570 g/mol. The molecule has 0 aliphatic carbocycles. The number of anilines is 1. The fourth-order valence-electron chi connectivity index (χ4n) is 5.47. The predicted octanol–water partition coefficient (Wildman–Crippen LogP) is 4.19. The SMILES string of the molecule is COC(=O)c1ccc(/C(C=O)=C(/Nc2ccc3c(c2)CN(C(=O)CN2CCN(C)CC2)C3)c2ccc(F)cc2)c(C)c1. The van der Waals surface area contributed by atoms with Gasteiger partial charge in [0, 0.05) is 50.5 Å². The lowest BCUT2D eigenvalue weighted by atomic mass is 9.95. The van der Waals surface area contributed by atoms with Gasteiger partial charge in [0.25, 0.3) is 0 Å². The molecule has 1 fully saturated rings. The number of carbonyl (C=O) groups excluding carboxylic acids is 3. The van der Waals surface area contributed by atoms with Gasteiger partial charge in [-0.1, -0.05) is 12.1 Å². The van der Waals surface area contributed by atoms with Crippen LogP contribution in [0, 0.1) is 12.7 Å². The predicted molar refractivity (Wildman–Crippen MR) is 160 cm³/mol. The number of aldehydes is 1. The van der Waals surface area contributed by atoms with E-state index in [2.05, 4.69) is 22.2 Å². The van der Waals surface area contributed by atoms with Gasteiger partial charge in [-0.2, -0.15) is 0 Å². The summed E-state index contributed by atoms with van der Waals surface area (Å²) in [6.07, 6.45) is 0.762. The van der Waals surface area contributed by atoms with Crippen molar-refractivity contribution in [3.8, 4) is 0 Å². The van der Waals surface area contributed by atoms with Crippen molar-refractivity contribution in [1.29, 1.82) is 0 Å². The summed E-state index contributed by atoms with van der Waals surface area (Å²) in [4.78, 5) is 44.1. The van der Waals surface area contributed by atoms with Crippen molar-refractivity contribution < 1.29 is 23.5 Å². The number of amides is 1. The number of nitrogens with zero attached hydrogens (tertiary/aromatic N) is 3. The minimum absolute atomic E-state index is 0.117. The van der Waals surface area contributed by atoms with E-state index in [-0.39, 0.29) is 11.7 Å². The summed E-state index contributed by atoms with van der Waals surface area (Å²) in [5.41, 5.74) is 6.08. The van der Waals surface area contributed by atoms with E-state index in [0.717, 1.165) is 49.3 Å². The molecular weight excluding hydrogens is 535 g/mol. The molecule has 0 spiro atoms. The second-order valence-electron chi connectivity index (χ2n) is 10.9. The van der Waals surface area contributed by atoms with Gasteiger partial charge in [0.05, 0.1) is 24.9 Å². The summed E-state index contributed by atoms with van der Waals surface area (Å²) in [5, 5.41) is 3.40.